The van der Waals surface area contributed by atoms with Gasteiger partial charge in [-0.1, -0.05) is 30.5 Å². The highest BCUT2D eigenvalue weighted by Crippen LogP contribution is 2.46. The Morgan fingerprint density at radius 1 is 1.26 bits per heavy atom. The van der Waals surface area contributed by atoms with Crippen LogP contribution >= 0.6 is 7.75 Å². The van der Waals surface area contributed by atoms with E-state index in [1.807, 2.05) is 0 Å². The molecule has 212 valence electrons. The summed E-state index contributed by atoms with van der Waals surface area (Å²) in [4.78, 5) is 37.1. The van der Waals surface area contributed by atoms with Gasteiger partial charge in [-0.05, 0) is 57.2 Å². The summed E-state index contributed by atoms with van der Waals surface area (Å²) >= 11 is 0. The van der Waals surface area contributed by atoms with E-state index >= 15 is 0 Å². The number of nitrogens with zero attached hydrogens (tertiary/aromatic N) is 1. The van der Waals surface area contributed by atoms with Gasteiger partial charge in [0, 0.05) is 13.2 Å². The predicted octanol–water partition coefficient (Wildman–Crippen LogP) is 3.76. The average Bonchev–Trinajstić information content (AvgIpc) is 3.36. The third kappa shape index (κ3) is 8.94. The second-order valence-electron chi connectivity index (χ2n) is 9.34. The van der Waals surface area contributed by atoms with Crippen LogP contribution < -0.4 is 14.9 Å². The number of amides is 2. The van der Waals surface area contributed by atoms with E-state index in [1.54, 1.807) is 30.3 Å². The molecule has 1 saturated carbocycles. The third-order valence-electron chi connectivity index (χ3n) is 6.39. The Labute approximate surface area is 229 Å². The van der Waals surface area contributed by atoms with E-state index in [2.05, 4.69) is 16.3 Å². The Morgan fingerprint density at radius 2 is 1.97 bits per heavy atom. The normalized spacial score (nSPS) is 23.8. The number of benzene rings is 1. The molecule has 0 spiro atoms. The molecule has 2 fully saturated rings. The Kier molecular flexibility index (Phi) is 11.6. The van der Waals surface area contributed by atoms with E-state index in [0.717, 1.165) is 38.2 Å². The lowest BCUT2D eigenvalue weighted by Crippen LogP contribution is -2.44. The van der Waals surface area contributed by atoms with Gasteiger partial charge in [-0.2, -0.15) is 5.09 Å². The minimum Gasteiger partial charge on any atom is -0.461 e. The molecule has 1 aliphatic heterocycles. The molecule has 1 saturated heterocycles. The Balaban J connectivity index is 1.70. The summed E-state index contributed by atoms with van der Waals surface area (Å²) in [6.45, 7) is 1.32. The van der Waals surface area contributed by atoms with Crippen LogP contribution in [-0.4, -0.2) is 61.3 Å². The first-order chi connectivity index (χ1) is 18.8. The van der Waals surface area contributed by atoms with Crippen LogP contribution in [0.3, 0.4) is 0 Å². The molecule has 2 aliphatic rings. The SMILES string of the molecule is C#CC1CC(COP(=O)(NC(C)C(=O)OC2CCCCC2)Oc2ccccc2)OC1N(/C=C\C=O)C(=O)NC. The lowest BCUT2D eigenvalue weighted by atomic mass is 9.98. The second kappa shape index (κ2) is 14.8. The molecule has 11 nitrogen and oxygen atoms in total. The molecular formula is C27H36N3O8P. The fourth-order valence-corrected chi connectivity index (χ4v) is 5.94. The van der Waals surface area contributed by atoms with E-state index in [0.29, 0.717) is 6.29 Å². The molecule has 0 bridgehead atoms. The van der Waals surface area contributed by atoms with Crippen LogP contribution in [0.2, 0.25) is 0 Å². The monoisotopic (exact) mass is 561 g/mol. The zero-order chi connectivity index (χ0) is 28.3. The van der Waals surface area contributed by atoms with Crippen molar-refractivity contribution in [1.29, 1.82) is 0 Å². The van der Waals surface area contributed by atoms with Crippen LogP contribution in [-0.2, 0) is 28.2 Å². The van der Waals surface area contributed by atoms with Crippen molar-refractivity contribution in [1.82, 2.24) is 15.3 Å². The van der Waals surface area contributed by atoms with Crippen LogP contribution in [0.5, 0.6) is 5.75 Å². The van der Waals surface area contributed by atoms with Crippen molar-refractivity contribution in [2.24, 2.45) is 5.92 Å². The quantitative estimate of drug-likeness (QED) is 0.129. The van der Waals surface area contributed by atoms with Crippen molar-refractivity contribution in [3.05, 3.63) is 42.6 Å². The number of aldehydes is 1. The van der Waals surface area contributed by atoms with E-state index in [4.69, 9.17) is 24.9 Å². The summed E-state index contributed by atoms with van der Waals surface area (Å²) in [7, 11) is -2.67. The number of carbonyl (C=O) groups is 3. The van der Waals surface area contributed by atoms with Gasteiger partial charge in [0.1, 0.15) is 24.2 Å². The van der Waals surface area contributed by atoms with Gasteiger partial charge < -0.3 is 19.3 Å². The third-order valence-corrected chi connectivity index (χ3v) is 8.04. The molecule has 5 atom stereocenters. The molecule has 2 N–H and O–H groups in total. The standard InChI is InChI=1S/C27H36N3O8P/c1-4-21-18-24(36-25(21)30(16-11-17-31)27(33)28-3)19-35-39(34,38-23-14-9-6-10-15-23)29-20(2)26(32)37-22-12-7-5-8-13-22/h1,6,9-11,14-17,20-22,24-25H,5,7-8,12-13,18-19H2,2-3H3,(H,28,33)(H,29,34)/b16-11-. The molecule has 12 heteroatoms. The zero-order valence-electron chi connectivity index (χ0n) is 22.2. The van der Waals surface area contributed by atoms with Crippen molar-refractivity contribution in [3.8, 4) is 18.1 Å². The minimum absolute atomic E-state index is 0.160. The summed E-state index contributed by atoms with van der Waals surface area (Å²) < 4.78 is 36.9. The number of para-hydroxylation sites is 1. The molecule has 0 radical (unpaired) electrons. The first-order valence-electron chi connectivity index (χ1n) is 13.0. The maximum absolute atomic E-state index is 13.8. The van der Waals surface area contributed by atoms with Crippen LogP contribution in [0.15, 0.2) is 42.6 Å². The fourth-order valence-electron chi connectivity index (χ4n) is 4.42. The molecule has 5 unspecified atom stereocenters. The number of hydrogen-bond acceptors (Lipinski definition) is 8. The van der Waals surface area contributed by atoms with Gasteiger partial charge >= 0.3 is 19.7 Å². The molecule has 1 aromatic carbocycles. The predicted molar refractivity (Wildman–Crippen MR) is 143 cm³/mol. The fraction of sp³-hybridized carbons (Fsp3) is 0.519. The summed E-state index contributed by atoms with van der Waals surface area (Å²) in [6, 6.07) is 6.92. The van der Waals surface area contributed by atoms with Crippen molar-refractivity contribution in [2.75, 3.05) is 13.7 Å². The number of ether oxygens (including phenoxy) is 2. The van der Waals surface area contributed by atoms with Crippen molar-refractivity contribution in [3.63, 3.8) is 0 Å². The Morgan fingerprint density at radius 3 is 2.62 bits per heavy atom. The Bertz CT molecular complexity index is 1090. The number of carbonyl (C=O) groups excluding carboxylic acids is 3. The highest BCUT2D eigenvalue weighted by atomic mass is 31.2. The number of terminal acetylenes is 1. The lowest BCUT2D eigenvalue weighted by molar-refractivity contribution is -0.152. The smallest absolute Gasteiger partial charge is 0.459 e. The second-order valence-corrected chi connectivity index (χ2v) is 11.0. The van der Waals surface area contributed by atoms with E-state index in [9.17, 15) is 18.9 Å². The van der Waals surface area contributed by atoms with Gasteiger partial charge in [0.15, 0.2) is 6.23 Å². The van der Waals surface area contributed by atoms with E-state index in [-0.39, 0.29) is 24.9 Å². The van der Waals surface area contributed by atoms with Crippen LogP contribution in [0.25, 0.3) is 0 Å². The number of urea groups is 1. The van der Waals surface area contributed by atoms with Gasteiger partial charge in [-0.25, -0.2) is 9.36 Å². The minimum atomic E-state index is -4.11. The largest absolute Gasteiger partial charge is 0.461 e. The number of hydrogen-bond donors (Lipinski definition) is 2. The first kappa shape index (κ1) is 30.4. The molecule has 2 amide bonds. The van der Waals surface area contributed by atoms with Crippen LogP contribution in [0.1, 0.15) is 45.4 Å². The van der Waals surface area contributed by atoms with E-state index in [1.165, 1.54) is 25.1 Å². The van der Waals surface area contributed by atoms with Gasteiger partial charge in [-0.15, -0.1) is 6.42 Å². The van der Waals surface area contributed by atoms with Crippen LogP contribution in [0, 0.1) is 18.3 Å². The highest BCUT2D eigenvalue weighted by Gasteiger charge is 2.41. The summed E-state index contributed by atoms with van der Waals surface area (Å²) in [5, 5.41) is 5.16. The summed E-state index contributed by atoms with van der Waals surface area (Å²) in [6.07, 6.45) is 12.0. The van der Waals surface area contributed by atoms with Crippen molar-refractivity contribution >= 4 is 26.0 Å². The lowest BCUT2D eigenvalue weighted by Gasteiger charge is -2.28. The number of rotatable bonds is 12. The van der Waals surface area contributed by atoms with Gasteiger partial charge in [-0.3, -0.25) is 19.0 Å². The number of allylic oxidation sites excluding steroid dienone is 1. The number of esters is 1. The van der Waals surface area contributed by atoms with Crippen molar-refractivity contribution in [2.45, 2.75) is 69.9 Å². The molecule has 1 aromatic rings. The van der Waals surface area contributed by atoms with Gasteiger partial charge in [0.05, 0.1) is 18.6 Å². The molecule has 1 aliphatic carbocycles. The summed E-state index contributed by atoms with van der Waals surface area (Å²) in [5.74, 6) is 1.80. The maximum Gasteiger partial charge on any atom is 0.459 e. The topological polar surface area (TPSA) is 132 Å². The summed E-state index contributed by atoms with van der Waals surface area (Å²) in [5.41, 5.74) is 0. The molecule has 3 rings (SSSR count). The molecule has 0 aromatic heterocycles. The average molecular weight is 562 g/mol. The Hall–Kier alpha value is -3.16. The van der Waals surface area contributed by atoms with Crippen LogP contribution in [0.4, 0.5) is 4.79 Å². The number of nitrogens with one attached hydrogen (secondary N) is 2. The highest BCUT2D eigenvalue weighted by molar-refractivity contribution is 7.52. The zero-order valence-corrected chi connectivity index (χ0v) is 23.1. The maximum atomic E-state index is 13.8. The van der Waals surface area contributed by atoms with E-state index < -0.39 is 44.0 Å². The van der Waals surface area contributed by atoms with Crippen molar-refractivity contribution < 1.29 is 37.5 Å². The molecule has 1 heterocycles. The molecule has 39 heavy (non-hydrogen) atoms. The molecular weight excluding hydrogens is 525 g/mol. The first-order valence-corrected chi connectivity index (χ1v) is 14.5. The van der Waals surface area contributed by atoms with Gasteiger partial charge in [0.25, 0.3) is 0 Å². The van der Waals surface area contributed by atoms with Gasteiger partial charge in [0.2, 0.25) is 0 Å².